The number of anilines is 2. The molecule has 1 aromatic heterocycles. The molecule has 3 fully saturated rings. The lowest BCUT2D eigenvalue weighted by molar-refractivity contribution is -0.139. The lowest BCUT2D eigenvalue weighted by Crippen LogP contribution is -2.53. The molecule has 142 valence electrons. The summed E-state index contributed by atoms with van der Waals surface area (Å²) < 4.78 is 0. The highest BCUT2D eigenvalue weighted by molar-refractivity contribution is 7.12. The van der Waals surface area contributed by atoms with Crippen LogP contribution in [0.15, 0.2) is 18.2 Å². The number of aryl methyl sites for hydroxylation is 3. The molecular weight excluding hydrogens is 352 g/mol. The van der Waals surface area contributed by atoms with Gasteiger partial charge in [-0.3, -0.25) is 4.79 Å². The smallest absolute Gasteiger partial charge is 0.224 e. The molecule has 4 aliphatic rings. The van der Waals surface area contributed by atoms with E-state index in [-0.39, 0.29) is 5.91 Å². The molecule has 2 heterocycles. The molecule has 1 aliphatic heterocycles. The van der Waals surface area contributed by atoms with Gasteiger partial charge in [0.05, 0.1) is 6.54 Å². The summed E-state index contributed by atoms with van der Waals surface area (Å²) in [7, 11) is 0. The number of rotatable bonds is 4. The maximum atomic E-state index is 12.6. The molecule has 2 bridgehead atoms. The number of thiophene rings is 1. The summed E-state index contributed by atoms with van der Waals surface area (Å²) >= 11 is 1.93. The minimum absolute atomic E-state index is 0.198. The number of hydrogen-bond acceptors (Lipinski definition) is 3. The summed E-state index contributed by atoms with van der Waals surface area (Å²) in [6.07, 6.45) is 5.65. The van der Waals surface area contributed by atoms with Gasteiger partial charge in [-0.1, -0.05) is 0 Å². The fourth-order valence-corrected chi connectivity index (χ4v) is 6.51. The maximum absolute atomic E-state index is 12.6. The number of hydrogen-bond donors (Lipinski definition) is 1. The predicted molar refractivity (Wildman–Crippen MR) is 113 cm³/mol. The van der Waals surface area contributed by atoms with Crippen molar-refractivity contribution in [1.29, 1.82) is 0 Å². The van der Waals surface area contributed by atoms with E-state index in [0.717, 1.165) is 31.1 Å². The van der Waals surface area contributed by atoms with E-state index in [0.29, 0.717) is 11.8 Å². The first kappa shape index (κ1) is 17.3. The summed E-state index contributed by atoms with van der Waals surface area (Å²) in [6, 6.07) is 6.84. The summed E-state index contributed by atoms with van der Waals surface area (Å²) in [4.78, 5) is 18.0. The van der Waals surface area contributed by atoms with Crippen molar-refractivity contribution in [1.82, 2.24) is 0 Å². The predicted octanol–water partition coefficient (Wildman–Crippen LogP) is 5.36. The lowest BCUT2D eigenvalue weighted by atomic mass is 9.43. The van der Waals surface area contributed by atoms with Gasteiger partial charge < -0.3 is 10.2 Å². The Morgan fingerprint density at radius 3 is 2.52 bits per heavy atom. The van der Waals surface area contributed by atoms with E-state index in [4.69, 9.17) is 0 Å². The zero-order valence-corrected chi connectivity index (χ0v) is 17.3. The highest BCUT2D eigenvalue weighted by Gasteiger charge is 2.56. The highest BCUT2D eigenvalue weighted by atomic mass is 32.1. The van der Waals surface area contributed by atoms with Crippen LogP contribution in [0.5, 0.6) is 0 Å². The van der Waals surface area contributed by atoms with E-state index in [1.807, 2.05) is 11.3 Å². The Kier molecular flexibility index (Phi) is 3.91. The quantitative estimate of drug-likeness (QED) is 0.774. The van der Waals surface area contributed by atoms with Crippen LogP contribution in [0.3, 0.4) is 0 Å². The summed E-state index contributed by atoms with van der Waals surface area (Å²) in [5.41, 5.74) is 6.52. The van der Waals surface area contributed by atoms with Crippen LogP contribution < -0.4 is 10.2 Å². The van der Waals surface area contributed by atoms with E-state index < -0.39 is 0 Å². The van der Waals surface area contributed by atoms with Crippen molar-refractivity contribution >= 4 is 28.6 Å². The molecule has 27 heavy (non-hydrogen) atoms. The fraction of sp³-hybridized carbons (Fsp3) is 0.522. The Morgan fingerprint density at radius 1 is 1.19 bits per heavy atom. The van der Waals surface area contributed by atoms with Crippen molar-refractivity contribution < 1.29 is 4.79 Å². The third kappa shape index (κ3) is 2.98. The second-order valence-corrected chi connectivity index (χ2v) is 10.5. The molecule has 6 rings (SSSR count). The Hall–Kier alpha value is -1.81. The zero-order chi connectivity index (χ0) is 18.8. The molecular formula is C23H28N2OS. The highest BCUT2D eigenvalue weighted by Crippen LogP contribution is 2.66. The van der Waals surface area contributed by atoms with Crippen LogP contribution in [-0.2, 0) is 17.8 Å². The van der Waals surface area contributed by atoms with Crippen LogP contribution in [0.2, 0.25) is 0 Å². The van der Waals surface area contributed by atoms with Gasteiger partial charge in [0, 0.05) is 34.1 Å². The van der Waals surface area contributed by atoms with Gasteiger partial charge in [0.25, 0.3) is 0 Å². The average molecular weight is 381 g/mol. The second kappa shape index (κ2) is 6.10. The van der Waals surface area contributed by atoms with Crippen LogP contribution in [0.1, 0.15) is 52.1 Å². The monoisotopic (exact) mass is 380 g/mol. The Morgan fingerprint density at radius 2 is 1.89 bits per heavy atom. The van der Waals surface area contributed by atoms with Crippen molar-refractivity contribution in [2.24, 2.45) is 11.3 Å². The molecule has 4 heteroatoms. The van der Waals surface area contributed by atoms with Gasteiger partial charge in [0.15, 0.2) is 0 Å². The van der Waals surface area contributed by atoms with Crippen LogP contribution in [-0.4, -0.2) is 12.5 Å². The molecule has 3 saturated carbocycles. The number of benzene rings is 1. The van der Waals surface area contributed by atoms with E-state index >= 15 is 0 Å². The van der Waals surface area contributed by atoms with Gasteiger partial charge in [-0.05, 0) is 92.7 Å². The molecule has 0 spiro atoms. The third-order valence-corrected chi connectivity index (χ3v) is 7.93. The van der Waals surface area contributed by atoms with E-state index in [9.17, 15) is 4.79 Å². The standard InChI is InChI=1S/C23H28N2OS/c1-14-6-19(25-5-4-18-8-16(3)27-20(18)13-25)7-15(2)22(14)24-21(26)12-23-9-17(10-23)11-23/h6-8,17H,4-5,9-13H2,1-3H3,(H,24,26). The summed E-state index contributed by atoms with van der Waals surface area (Å²) in [6.45, 7) is 8.52. The van der Waals surface area contributed by atoms with Gasteiger partial charge in [0.2, 0.25) is 5.91 Å². The summed E-state index contributed by atoms with van der Waals surface area (Å²) in [5, 5.41) is 3.22. The first-order valence-electron chi connectivity index (χ1n) is 10.2. The largest absolute Gasteiger partial charge is 0.366 e. The van der Waals surface area contributed by atoms with Crippen molar-refractivity contribution in [2.75, 3.05) is 16.8 Å². The minimum atomic E-state index is 0.198. The van der Waals surface area contributed by atoms with Crippen LogP contribution in [0, 0.1) is 32.1 Å². The molecule has 3 aliphatic carbocycles. The van der Waals surface area contributed by atoms with Gasteiger partial charge in [-0.25, -0.2) is 0 Å². The van der Waals surface area contributed by atoms with Crippen molar-refractivity contribution in [2.45, 2.75) is 59.4 Å². The number of amides is 1. The van der Waals surface area contributed by atoms with Crippen molar-refractivity contribution in [3.63, 3.8) is 0 Å². The zero-order valence-electron chi connectivity index (χ0n) is 16.5. The summed E-state index contributed by atoms with van der Waals surface area (Å²) in [5.74, 6) is 1.13. The molecule has 0 atom stereocenters. The van der Waals surface area contributed by atoms with Gasteiger partial charge in [0.1, 0.15) is 0 Å². The first-order valence-corrected chi connectivity index (χ1v) is 11.0. The van der Waals surface area contributed by atoms with E-state index in [1.165, 1.54) is 51.4 Å². The normalized spacial score (nSPS) is 25.4. The van der Waals surface area contributed by atoms with Crippen LogP contribution in [0.4, 0.5) is 11.4 Å². The SMILES string of the molecule is Cc1cc2c(s1)CN(c1cc(C)c(NC(=O)CC34CC(C3)C4)c(C)c1)CC2. The molecule has 0 radical (unpaired) electrons. The number of carbonyl (C=O) groups excluding carboxylic acids is 1. The third-order valence-electron chi connectivity index (χ3n) is 6.85. The number of fused-ring (bicyclic) bond motifs is 1. The molecule has 0 saturated heterocycles. The molecule has 1 N–H and O–H groups in total. The van der Waals surface area contributed by atoms with Crippen molar-refractivity contribution in [3.8, 4) is 0 Å². The van der Waals surface area contributed by atoms with Gasteiger partial charge >= 0.3 is 0 Å². The Labute approximate surface area is 165 Å². The molecule has 3 nitrogen and oxygen atoms in total. The maximum Gasteiger partial charge on any atom is 0.224 e. The van der Waals surface area contributed by atoms with E-state index in [2.05, 4.69) is 49.2 Å². The lowest BCUT2D eigenvalue weighted by Gasteiger charge is -2.61. The van der Waals surface area contributed by atoms with Crippen molar-refractivity contribution in [3.05, 3.63) is 44.6 Å². The Bertz CT molecular complexity index is 888. The molecule has 1 amide bonds. The number of nitrogens with one attached hydrogen (secondary N) is 1. The molecule has 2 aromatic rings. The van der Waals surface area contributed by atoms with Gasteiger partial charge in [-0.15, -0.1) is 11.3 Å². The number of carbonyl (C=O) groups is 1. The molecule has 1 aromatic carbocycles. The minimum Gasteiger partial charge on any atom is -0.366 e. The average Bonchev–Trinajstić information content (AvgIpc) is 2.92. The van der Waals surface area contributed by atoms with Gasteiger partial charge in [-0.2, -0.15) is 0 Å². The topological polar surface area (TPSA) is 32.3 Å². The molecule has 0 unspecified atom stereocenters. The fourth-order valence-electron chi connectivity index (χ4n) is 5.41. The van der Waals surface area contributed by atoms with Crippen LogP contribution >= 0.6 is 11.3 Å². The Balaban J connectivity index is 1.31. The number of nitrogens with zero attached hydrogens (tertiary/aromatic N) is 1. The van der Waals surface area contributed by atoms with E-state index in [1.54, 1.807) is 0 Å². The first-order chi connectivity index (χ1) is 12.9. The van der Waals surface area contributed by atoms with Crippen LogP contribution in [0.25, 0.3) is 0 Å². The second-order valence-electron chi connectivity index (χ2n) is 9.13.